The molecule has 1 aliphatic carbocycles. The average Bonchev–Trinajstić information content (AvgIpc) is 2.98. The summed E-state index contributed by atoms with van der Waals surface area (Å²) < 4.78 is 0. The van der Waals surface area contributed by atoms with E-state index < -0.39 is 0 Å². The highest BCUT2D eigenvalue weighted by Crippen LogP contribution is 2.32. The summed E-state index contributed by atoms with van der Waals surface area (Å²) in [6.45, 7) is 4.24. The number of nitrogens with one attached hydrogen (secondary N) is 1. The summed E-state index contributed by atoms with van der Waals surface area (Å²) in [6.07, 6.45) is 6.78. The minimum atomic E-state index is 0.907. The van der Waals surface area contributed by atoms with Crippen molar-refractivity contribution in [1.29, 1.82) is 0 Å². The van der Waals surface area contributed by atoms with E-state index in [2.05, 4.69) is 29.4 Å². The Hall–Kier alpha value is -0.0600. The van der Waals surface area contributed by atoms with Crippen molar-refractivity contribution in [2.24, 2.45) is 0 Å². The fourth-order valence-electron chi connectivity index (χ4n) is 2.17. The monoisotopic (exact) mass is 270 g/mol. The summed E-state index contributed by atoms with van der Waals surface area (Å²) >= 11 is 3.94. The summed E-state index contributed by atoms with van der Waals surface area (Å²) in [4.78, 5) is 4.70. The smallest absolute Gasteiger partial charge is 0.103 e. The quantitative estimate of drug-likeness (QED) is 0.768. The van der Waals surface area contributed by atoms with Gasteiger partial charge in [-0.1, -0.05) is 19.8 Å². The largest absolute Gasteiger partial charge is 0.317 e. The Kier molecular flexibility index (Phi) is 5.81. The molecule has 0 aliphatic heterocycles. The van der Waals surface area contributed by atoms with E-state index in [1.165, 1.54) is 36.4 Å². The Morgan fingerprint density at radius 3 is 3.06 bits per heavy atom. The van der Waals surface area contributed by atoms with Crippen LogP contribution in [0, 0.1) is 0 Å². The molecule has 0 amide bonds. The molecular weight excluding hydrogens is 248 g/mol. The van der Waals surface area contributed by atoms with Gasteiger partial charge in [0.25, 0.3) is 0 Å². The van der Waals surface area contributed by atoms with Crippen LogP contribution in [0.25, 0.3) is 0 Å². The van der Waals surface area contributed by atoms with Crippen LogP contribution in [0.1, 0.15) is 43.3 Å². The predicted molar refractivity (Wildman–Crippen MR) is 77.9 cm³/mol. The number of hydrogen-bond donors (Lipinski definition) is 1. The van der Waals surface area contributed by atoms with Gasteiger partial charge in [0.15, 0.2) is 0 Å². The molecule has 4 heteroatoms. The number of aromatic nitrogens is 1. The molecule has 0 atom stereocenters. The minimum Gasteiger partial charge on any atom is -0.317 e. The van der Waals surface area contributed by atoms with Crippen LogP contribution in [-0.2, 0) is 12.2 Å². The molecule has 0 unspecified atom stereocenters. The van der Waals surface area contributed by atoms with Gasteiger partial charge in [-0.25, -0.2) is 4.98 Å². The third kappa shape index (κ3) is 4.60. The van der Waals surface area contributed by atoms with E-state index in [4.69, 9.17) is 4.98 Å². The van der Waals surface area contributed by atoms with Crippen LogP contribution >= 0.6 is 23.1 Å². The molecule has 2 nitrogen and oxygen atoms in total. The molecule has 0 radical (unpaired) electrons. The Morgan fingerprint density at radius 2 is 2.29 bits per heavy atom. The van der Waals surface area contributed by atoms with Crippen LogP contribution in [0.3, 0.4) is 0 Å². The first kappa shape index (κ1) is 13.4. The summed E-state index contributed by atoms with van der Waals surface area (Å²) in [7, 11) is 0. The van der Waals surface area contributed by atoms with Crippen LogP contribution < -0.4 is 5.32 Å². The molecule has 0 saturated heterocycles. The topological polar surface area (TPSA) is 24.9 Å². The highest BCUT2D eigenvalue weighted by atomic mass is 32.2. The van der Waals surface area contributed by atoms with Crippen molar-refractivity contribution < 1.29 is 0 Å². The molecule has 0 bridgehead atoms. The predicted octanol–water partition coefficient (Wildman–Crippen LogP) is 3.47. The van der Waals surface area contributed by atoms with Gasteiger partial charge in [0.1, 0.15) is 5.01 Å². The fraction of sp³-hybridized carbons (Fsp3) is 0.769. The van der Waals surface area contributed by atoms with E-state index in [-0.39, 0.29) is 0 Å². The van der Waals surface area contributed by atoms with Crippen LogP contribution in [-0.4, -0.2) is 23.3 Å². The summed E-state index contributed by atoms with van der Waals surface area (Å²) in [6, 6.07) is 0. The number of nitrogens with zero attached hydrogens (tertiary/aromatic N) is 1. The standard InChI is InChI=1S/C13H22N2S2/c1-2-14-8-7-11-9-17-13(15-11)10-16-12-5-3-4-6-12/h9,12,14H,2-8,10H2,1H3. The lowest BCUT2D eigenvalue weighted by molar-refractivity contribution is 0.709. The lowest BCUT2D eigenvalue weighted by Gasteiger charge is -2.05. The maximum absolute atomic E-state index is 4.70. The Labute approximate surface area is 113 Å². The number of thiazole rings is 1. The van der Waals surface area contributed by atoms with Gasteiger partial charge in [-0.05, 0) is 19.4 Å². The first-order valence-electron chi connectivity index (χ1n) is 6.64. The van der Waals surface area contributed by atoms with Gasteiger partial charge in [-0.3, -0.25) is 0 Å². The van der Waals surface area contributed by atoms with E-state index in [0.29, 0.717) is 0 Å². The van der Waals surface area contributed by atoms with Gasteiger partial charge in [0.05, 0.1) is 5.69 Å². The second-order valence-electron chi connectivity index (χ2n) is 4.55. The zero-order valence-corrected chi connectivity index (χ0v) is 12.2. The molecule has 1 fully saturated rings. The number of rotatable bonds is 7. The van der Waals surface area contributed by atoms with Crippen LogP contribution in [0.15, 0.2) is 5.38 Å². The van der Waals surface area contributed by atoms with Crippen molar-refractivity contribution in [3.8, 4) is 0 Å². The molecular formula is C13H22N2S2. The van der Waals surface area contributed by atoms with Crippen molar-refractivity contribution in [1.82, 2.24) is 10.3 Å². The lowest BCUT2D eigenvalue weighted by atomic mass is 10.3. The fourth-order valence-corrected chi connectivity index (χ4v) is 4.37. The third-order valence-electron chi connectivity index (χ3n) is 3.15. The average molecular weight is 270 g/mol. The van der Waals surface area contributed by atoms with E-state index >= 15 is 0 Å². The van der Waals surface area contributed by atoms with Gasteiger partial charge < -0.3 is 5.32 Å². The Balaban J connectivity index is 1.69. The van der Waals surface area contributed by atoms with Crippen molar-refractivity contribution >= 4 is 23.1 Å². The third-order valence-corrected chi connectivity index (χ3v) is 5.62. The summed E-state index contributed by atoms with van der Waals surface area (Å²) in [5, 5.41) is 7.79. The van der Waals surface area contributed by atoms with Gasteiger partial charge in [-0.2, -0.15) is 11.8 Å². The highest BCUT2D eigenvalue weighted by Gasteiger charge is 2.15. The normalized spacial score (nSPS) is 16.8. The summed E-state index contributed by atoms with van der Waals surface area (Å²) in [5.74, 6) is 1.12. The van der Waals surface area contributed by atoms with Crippen molar-refractivity contribution in [3.05, 3.63) is 16.1 Å². The van der Waals surface area contributed by atoms with Crippen molar-refractivity contribution in [3.63, 3.8) is 0 Å². The molecule has 17 heavy (non-hydrogen) atoms. The first-order valence-corrected chi connectivity index (χ1v) is 8.57. The first-order chi connectivity index (χ1) is 8.38. The second-order valence-corrected chi connectivity index (χ2v) is 6.78. The van der Waals surface area contributed by atoms with Crippen molar-refractivity contribution in [2.45, 2.75) is 50.0 Å². The van der Waals surface area contributed by atoms with E-state index in [0.717, 1.165) is 30.5 Å². The highest BCUT2D eigenvalue weighted by molar-refractivity contribution is 7.99. The van der Waals surface area contributed by atoms with E-state index in [1.54, 1.807) is 0 Å². The van der Waals surface area contributed by atoms with Gasteiger partial charge in [0, 0.05) is 29.3 Å². The molecule has 2 rings (SSSR count). The zero-order chi connectivity index (χ0) is 11.9. The molecule has 1 heterocycles. The lowest BCUT2D eigenvalue weighted by Crippen LogP contribution is -2.16. The maximum Gasteiger partial charge on any atom is 0.103 e. The van der Waals surface area contributed by atoms with E-state index in [9.17, 15) is 0 Å². The van der Waals surface area contributed by atoms with Gasteiger partial charge >= 0.3 is 0 Å². The molecule has 1 N–H and O–H groups in total. The van der Waals surface area contributed by atoms with E-state index in [1.807, 2.05) is 11.3 Å². The molecule has 1 aromatic rings. The van der Waals surface area contributed by atoms with Crippen LogP contribution in [0.2, 0.25) is 0 Å². The Morgan fingerprint density at radius 1 is 1.47 bits per heavy atom. The molecule has 1 aliphatic rings. The molecule has 1 aromatic heterocycles. The summed E-state index contributed by atoms with van der Waals surface area (Å²) in [5.41, 5.74) is 1.26. The SMILES string of the molecule is CCNCCc1csc(CSC2CCCC2)n1. The molecule has 0 spiro atoms. The second kappa shape index (κ2) is 7.39. The van der Waals surface area contributed by atoms with Crippen LogP contribution in [0.5, 0.6) is 0 Å². The number of likely N-dealkylation sites (N-methyl/N-ethyl adjacent to an activating group) is 1. The van der Waals surface area contributed by atoms with Crippen LogP contribution in [0.4, 0.5) is 0 Å². The minimum absolute atomic E-state index is 0.907. The number of thioether (sulfide) groups is 1. The zero-order valence-electron chi connectivity index (χ0n) is 10.6. The maximum atomic E-state index is 4.70. The molecule has 1 saturated carbocycles. The molecule has 0 aromatic carbocycles. The Bertz CT molecular complexity index is 319. The molecule has 96 valence electrons. The number of hydrogen-bond acceptors (Lipinski definition) is 4. The van der Waals surface area contributed by atoms with Gasteiger partial charge in [0.2, 0.25) is 0 Å². The van der Waals surface area contributed by atoms with Crippen molar-refractivity contribution in [2.75, 3.05) is 13.1 Å². The van der Waals surface area contributed by atoms with Gasteiger partial charge in [-0.15, -0.1) is 11.3 Å².